The highest BCUT2D eigenvalue weighted by molar-refractivity contribution is 6.30. The number of ketones is 1. The molecule has 160 valence electrons. The van der Waals surface area contributed by atoms with E-state index in [0.717, 1.165) is 44.6 Å². The molecular formula is C22H24ClFN2O4. The number of nitrogens with one attached hydrogen (secondary N) is 1. The Bertz CT molecular complexity index is 866. The molecule has 1 N–H and O–H groups in total. The lowest BCUT2D eigenvalue weighted by Crippen LogP contribution is -2.58. The second kappa shape index (κ2) is 8.52. The number of ether oxygens (including phenoxy) is 2. The van der Waals surface area contributed by atoms with E-state index in [-0.39, 0.29) is 65.1 Å². The predicted octanol–water partition coefficient (Wildman–Crippen LogP) is 3.42. The number of rotatable bonds is 8. The smallest absolute Gasteiger partial charge is 0.258 e. The Hall–Kier alpha value is -2.17. The Labute approximate surface area is 179 Å². The first-order valence-corrected chi connectivity index (χ1v) is 10.6. The van der Waals surface area contributed by atoms with Gasteiger partial charge in [-0.25, -0.2) is 4.39 Å². The molecule has 0 radical (unpaired) electrons. The Morgan fingerprint density at radius 1 is 1.23 bits per heavy atom. The molecule has 0 bridgehead atoms. The van der Waals surface area contributed by atoms with Crippen LogP contribution >= 0.6 is 11.6 Å². The van der Waals surface area contributed by atoms with E-state index >= 15 is 0 Å². The third-order valence-corrected chi connectivity index (χ3v) is 6.84. The van der Waals surface area contributed by atoms with E-state index < -0.39 is 5.82 Å². The number of halogens is 2. The molecule has 1 amide bonds. The third-order valence-electron chi connectivity index (χ3n) is 6.54. The predicted molar refractivity (Wildman–Crippen MR) is 106 cm³/mol. The maximum Gasteiger partial charge on any atom is 0.258 e. The molecule has 0 atom stereocenters. The summed E-state index contributed by atoms with van der Waals surface area (Å²) in [7, 11) is 0. The number of Topliss-reactive ketones (excluding diaryl/α,β-unsaturated/α-hetero) is 1. The number of nitriles is 1. The molecule has 3 aliphatic rings. The second-order valence-electron chi connectivity index (χ2n) is 8.84. The van der Waals surface area contributed by atoms with Crippen molar-refractivity contribution in [2.45, 2.75) is 50.7 Å². The van der Waals surface area contributed by atoms with Gasteiger partial charge in [0.2, 0.25) is 0 Å². The van der Waals surface area contributed by atoms with Crippen LogP contribution in [0.15, 0.2) is 18.2 Å². The van der Waals surface area contributed by atoms with Crippen molar-refractivity contribution in [2.24, 2.45) is 17.3 Å². The van der Waals surface area contributed by atoms with Crippen LogP contribution in [-0.2, 0) is 14.3 Å². The monoisotopic (exact) mass is 434 g/mol. The lowest BCUT2D eigenvalue weighted by molar-refractivity contribution is -0.146. The van der Waals surface area contributed by atoms with Gasteiger partial charge in [0.15, 0.2) is 12.4 Å². The van der Waals surface area contributed by atoms with E-state index in [1.165, 1.54) is 12.1 Å². The van der Waals surface area contributed by atoms with Crippen LogP contribution < -0.4 is 10.1 Å². The van der Waals surface area contributed by atoms with E-state index in [2.05, 4.69) is 11.4 Å². The topological polar surface area (TPSA) is 88.4 Å². The summed E-state index contributed by atoms with van der Waals surface area (Å²) >= 11 is 5.62. The molecule has 0 aromatic heterocycles. The number of hydrogen-bond donors (Lipinski definition) is 1. The van der Waals surface area contributed by atoms with E-state index in [9.17, 15) is 14.0 Å². The van der Waals surface area contributed by atoms with Crippen molar-refractivity contribution >= 4 is 23.3 Å². The summed E-state index contributed by atoms with van der Waals surface area (Å²) in [5, 5.41) is 11.7. The fourth-order valence-electron chi connectivity index (χ4n) is 4.74. The second-order valence-corrected chi connectivity index (χ2v) is 9.25. The Morgan fingerprint density at radius 2 is 1.97 bits per heavy atom. The minimum atomic E-state index is -0.589. The van der Waals surface area contributed by atoms with Gasteiger partial charge in [-0.05, 0) is 56.1 Å². The van der Waals surface area contributed by atoms with E-state index in [1.807, 2.05) is 0 Å². The zero-order valence-electron chi connectivity index (χ0n) is 16.5. The van der Waals surface area contributed by atoms with Crippen molar-refractivity contribution in [3.8, 4) is 11.8 Å². The van der Waals surface area contributed by atoms with Crippen LogP contribution in [0.5, 0.6) is 5.75 Å². The molecular weight excluding hydrogens is 411 g/mol. The summed E-state index contributed by atoms with van der Waals surface area (Å²) in [5.41, 5.74) is 0.167. The first-order valence-electron chi connectivity index (χ1n) is 10.3. The molecule has 1 aromatic rings. The highest BCUT2D eigenvalue weighted by Crippen LogP contribution is 2.58. The maximum absolute atomic E-state index is 13.4. The Morgan fingerprint density at radius 3 is 2.63 bits per heavy atom. The molecule has 30 heavy (non-hydrogen) atoms. The quantitative estimate of drug-likeness (QED) is 0.677. The number of amides is 1. The van der Waals surface area contributed by atoms with Crippen LogP contribution in [0, 0.1) is 34.4 Å². The van der Waals surface area contributed by atoms with E-state index in [4.69, 9.17) is 26.3 Å². The summed E-state index contributed by atoms with van der Waals surface area (Å²) in [6, 6.07) is 6.34. The van der Waals surface area contributed by atoms with Crippen molar-refractivity contribution in [3.05, 3.63) is 29.0 Å². The van der Waals surface area contributed by atoms with Gasteiger partial charge >= 0.3 is 0 Å². The molecule has 6 nitrogen and oxygen atoms in total. The summed E-state index contributed by atoms with van der Waals surface area (Å²) in [4.78, 5) is 24.3. The van der Waals surface area contributed by atoms with Crippen molar-refractivity contribution in [2.75, 3.05) is 13.2 Å². The largest absolute Gasteiger partial charge is 0.484 e. The van der Waals surface area contributed by atoms with Gasteiger partial charge in [0, 0.05) is 18.0 Å². The zero-order valence-corrected chi connectivity index (χ0v) is 17.3. The van der Waals surface area contributed by atoms with Gasteiger partial charge in [-0.1, -0.05) is 11.6 Å². The van der Waals surface area contributed by atoms with Crippen LogP contribution in [0.3, 0.4) is 0 Å². The zero-order chi connectivity index (χ0) is 21.3. The van der Waals surface area contributed by atoms with Gasteiger partial charge in [-0.15, -0.1) is 0 Å². The van der Waals surface area contributed by atoms with Crippen LogP contribution in [0.25, 0.3) is 0 Å². The standard InChI is InChI=1S/C22H24ClFN2O4/c23-18-2-1-16(5-19(18)24)30-12-21(28)26-15-8-22(9-15)6-14(7-22)20(27)11-29-17-3-13(4-17)10-25/h1-2,5,13-15,17H,3-4,6-9,11-12H2,(H,26,28). The van der Waals surface area contributed by atoms with Gasteiger partial charge in [0.1, 0.15) is 18.2 Å². The number of carbonyl (C=O) groups excluding carboxylic acids is 2. The van der Waals surface area contributed by atoms with Gasteiger partial charge in [0.05, 0.1) is 23.1 Å². The first kappa shape index (κ1) is 21.1. The lowest BCUT2D eigenvalue weighted by Gasteiger charge is -2.57. The minimum absolute atomic E-state index is 0.00564. The van der Waals surface area contributed by atoms with Crippen molar-refractivity contribution in [1.82, 2.24) is 5.32 Å². The van der Waals surface area contributed by atoms with Gasteiger partial charge in [-0.3, -0.25) is 9.59 Å². The molecule has 1 aromatic carbocycles. The highest BCUT2D eigenvalue weighted by Gasteiger charge is 2.54. The molecule has 3 fully saturated rings. The SMILES string of the molecule is N#CC1CC(OCC(=O)C2CC3(CC(NC(=O)COc4ccc(Cl)c(F)c4)C3)C2)C1. The Kier molecular flexibility index (Phi) is 5.99. The number of hydrogen-bond acceptors (Lipinski definition) is 5. The van der Waals surface area contributed by atoms with Crippen LogP contribution in [0.1, 0.15) is 38.5 Å². The van der Waals surface area contributed by atoms with Crippen molar-refractivity contribution in [1.29, 1.82) is 5.26 Å². The average molecular weight is 435 g/mol. The van der Waals surface area contributed by atoms with Crippen molar-refractivity contribution < 1.29 is 23.5 Å². The summed E-state index contributed by atoms with van der Waals surface area (Å²) in [6.45, 7) is -0.0385. The highest BCUT2D eigenvalue weighted by atomic mass is 35.5. The van der Waals surface area contributed by atoms with E-state index in [1.54, 1.807) is 0 Å². The fraction of sp³-hybridized carbons (Fsp3) is 0.591. The molecule has 4 rings (SSSR count). The number of nitrogens with zero attached hydrogens (tertiary/aromatic N) is 1. The number of carbonyl (C=O) groups is 2. The molecule has 0 unspecified atom stereocenters. The Balaban J connectivity index is 1.10. The summed E-state index contributed by atoms with van der Waals surface area (Å²) in [6.07, 6.45) is 4.97. The van der Waals surface area contributed by atoms with Gasteiger partial charge < -0.3 is 14.8 Å². The molecule has 0 aliphatic heterocycles. The molecule has 1 spiro atoms. The van der Waals surface area contributed by atoms with Crippen LogP contribution in [-0.4, -0.2) is 37.0 Å². The molecule has 0 saturated heterocycles. The summed E-state index contributed by atoms with van der Waals surface area (Å²) in [5.74, 6) is -0.300. The van der Waals surface area contributed by atoms with Crippen LogP contribution in [0.4, 0.5) is 4.39 Å². The van der Waals surface area contributed by atoms with Crippen molar-refractivity contribution in [3.63, 3.8) is 0 Å². The number of benzene rings is 1. The first-order chi connectivity index (χ1) is 14.4. The van der Waals surface area contributed by atoms with Gasteiger partial charge in [0.25, 0.3) is 5.91 Å². The molecule has 8 heteroatoms. The molecule has 0 heterocycles. The fourth-order valence-corrected chi connectivity index (χ4v) is 4.86. The van der Waals surface area contributed by atoms with Gasteiger partial charge in [-0.2, -0.15) is 5.26 Å². The summed E-state index contributed by atoms with van der Waals surface area (Å²) < 4.78 is 24.3. The molecule has 3 aliphatic carbocycles. The van der Waals surface area contributed by atoms with E-state index in [0.29, 0.717) is 0 Å². The molecule has 3 saturated carbocycles. The third kappa shape index (κ3) is 4.60. The lowest BCUT2D eigenvalue weighted by atomic mass is 9.49. The maximum atomic E-state index is 13.4. The van der Waals surface area contributed by atoms with Crippen LogP contribution in [0.2, 0.25) is 5.02 Å². The normalized spacial score (nSPS) is 31.6. The minimum Gasteiger partial charge on any atom is -0.484 e. The average Bonchev–Trinajstić information content (AvgIpc) is 2.62.